The van der Waals surface area contributed by atoms with Crippen LogP contribution in [0.15, 0.2) is 0 Å². The van der Waals surface area contributed by atoms with Gasteiger partial charge >= 0.3 is 12.0 Å². The van der Waals surface area contributed by atoms with Crippen LogP contribution < -0.4 is 10.6 Å². The van der Waals surface area contributed by atoms with Gasteiger partial charge < -0.3 is 20.5 Å². The Bertz CT molecular complexity index is 367. The third kappa shape index (κ3) is 5.19. The zero-order chi connectivity index (χ0) is 15.1. The maximum atomic E-state index is 11.6. The summed E-state index contributed by atoms with van der Waals surface area (Å²) >= 11 is 0. The fraction of sp³-hybridized carbons (Fsp3) is 0.867. The van der Waals surface area contributed by atoms with Gasteiger partial charge in [-0.3, -0.25) is 4.79 Å². The van der Waals surface area contributed by atoms with Gasteiger partial charge in [0.15, 0.2) is 0 Å². The number of carboxylic acids is 1. The van der Waals surface area contributed by atoms with E-state index < -0.39 is 5.97 Å². The van der Waals surface area contributed by atoms with Gasteiger partial charge in [0.2, 0.25) is 0 Å². The van der Waals surface area contributed by atoms with Crippen LogP contribution in [0.3, 0.4) is 0 Å². The lowest BCUT2D eigenvalue weighted by Gasteiger charge is -2.33. The van der Waals surface area contributed by atoms with Crippen molar-refractivity contribution >= 4 is 12.0 Å². The van der Waals surface area contributed by atoms with Gasteiger partial charge in [0.25, 0.3) is 0 Å². The first-order valence-electron chi connectivity index (χ1n) is 8.01. The lowest BCUT2D eigenvalue weighted by atomic mass is 9.83. The number of carboxylic acid groups (broad SMARTS) is 1. The average Bonchev–Trinajstić information content (AvgIpc) is 2.85. The Hall–Kier alpha value is -1.30. The molecular weight excluding hydrogens is 272 g/mol. The maximum Gasteiger partial charge on any atom is 0.314 e. The molecule has 0 bridgehead atoms. The van der Waals surface area contributed by atoms with Crippen molar-refractivity contribution in [1.29, 1.82) is 0 Å². The number of ether oxygens (including phenoxy) is 1. The topological polar surface area (TPSA) is 87.7 Å². The van der Waals surface area contributed by atoms with Gasteiger partial charge in [-0.1, -0.05) is 19.3 Å². The molecule has 2 fully saturated rings. The molecular formula is C15H26N2O4. The molecule has 1 saturated heterocycles. The second-order valence-corrected chi connectivity index (χ2v) is 6.16. The first-order chi connectivity index (χ1) is 10.1. The molecule has 0 aromatic heterocycles. The van der Waals surface area contributed by atoms with Gasteiger partial charge in [-0.2, -0.15) is 0 Å². The van der Waals surface area contributed by atoms with Crippen LogP contribution in [0.5, 0.6) is 0 Å². The number of urea groups is 1. The molecule has 0 aromatic rings. The van der Waals surface area contributed by atoms with Crippen molar-refractivity contribution in [3.05, 3.63) is 0 Å². The van der Waals surface area contributed by atoms with Gasteiger partial charge in [0.05, 0.1) is 11.7 Å². The highest BCUT2D eigenvalue weighted by Gasteiger charge is 2.40. The van der Waals surface area contributed by atoms with Gasteiger partial charge in [-0.15, -0.1) is 0 Å². The Balaban J connectivity index is 1.58. The highest BCUT2D eigenvalue weighted by molar-refractivity contribution is 5.73. The van der Waals surface area contributed by atoms with E-state index in [4.69, 9.17) is 9.84 Å². The number of amides is 2. The standard InChI is InChI=1S/C15H26N2O4/c18-13(19)5-4-10-16-14(20)17-11-12-6-9-15(21-12)7-2-1-3-8-15/h12H,1-11H2,(H,18,19)(H2,16,17,20). The largest absolute Gasteiger partial charge is 0.481 e. The van der Waals surface area contributed by atoms with Gasteiger partial charge in [0, 0.05) is 19.5 Å². The van der Waals surface area contributed by atoms with E-state index in [9.17, 15) is 9.59 Å². The van der Waals surface area contributed by atoms with Crippen LogP contribution in [-0.2, 0) is 9.53 Å². The van der Waals surface area contributed by atoms with Gasteiger partial charge in [-0.25, -0.2) is 4.79 Å². The smallest absolute Gasteiger partial charge is 0.314 e. The molecule has 0 radical (unpaired) electrons. The number of aliphatic carboxylic acids is 1. The molecule has 1 heterocycles. The zero-order valence-corrected chi connectivity index (χ0v) is 12.5. The second kappa shape index (κ2) is 7.64. The van der Waals surface area contributed by atoms with Crippen molar-refractivity contribution in [3.63, 3.8) is 0 Å². The van der Waals surface area contributed by atoms with Crippen molar-refractivity contribution in [2.24, 2.45) is 0 Å². The number of carbonyl (C=O) groups is 2. The van der Waals surface area contributed by atoms with Crippen LogP contribution in [0.2, 0.25) is 0 Å². The van der Waals surface area contributed by atoms with E-state index in [0.29, 0.717) is 19.5 Å². The summed E-state index contributed by atoms with van der Waals surface area (Å²) in [7, 11) is 0. The lowest BCUT2D eigenvalue weighted by Crippen LogP contribution is -2.41. The van der Waals surface area contributed by atoms with Crippen LogP contribution in [0, 0.1) is 0 Å². The third-order valence-corrected chi connectivity index (χ3v) is 4.45. The van der Waals surface area contributed by atoms with E-state index in [1.807, 2.05) is 0 Å². The third-order valence-electron chi connectivity index (χ3n) is 4.45. The molecule has 0 aromatic carbocycles. The van der Waals surface area contributed by atoms with E-state index in [0.717, 1.165) is 25.7 Å². The van der Waals surface area contributed by atoms with Gasteiger partial charge in [0.1, 0.15) is 0 Å². The summed E-state index contributed by atoms with van der Waals surface area (Å²) in [6.45, 7) is 0.917. The SMILES string of the molecule is O=C(O)CCCNC(=O)NCC1CCC2(CCCCC2)O1. The normalized spacial score (nSPS) is 23.9. The Kier molecular flexibility index (Phi) is 5.85. The van der Waals surface area contributed by atoms with Crippen molar-refractivity contribution in [1.82, 2.24) is 10.6 Å². The highest BCUT2D eigenvalue weighted by Crippen LogP contribution is 2.41. The fourth-order valence-electron chi connectivity index (χ4n) is 3.31. The molecule has 120 valence electrons. The van der Waals surface area contributed by atoms with Crippen LogP contribution >= 0.6 is 0 Å². The summed E-state index contributed by atoms with van der Waals surface area (Å²) in [6.07, 6.45) is 8.91. The summed E-state index contributed by atoms with van der Waals surface area (Å²) in [5.74, 6) is -0.839. The van der Waals surface area contributed by atoms with Crippen LogP contribution in [0.4, 0.5) is 4.79 Å². The van der Waals surface area contributed by atoms with E-state index in [1.54, 1.807) is 0 Å². The molecule has 21 heavy (non-hydrogen) atoms. The first kappa shape index (κ1) is 16.1. The molecule has 2 amide bonds. The maximum absolute atomic E-state index is 11.6. The van der Waals surface area contributed by atoms with E-state index >= 15 is 0 Å². The minimum Gasteiger partial charge on any atom is -0.481 e. The van der Waals surface area contributed by atoms with Crippen LogP contribution in [-0.4, -0.2) is 41.9 Å². The summed E-state index contributed by atoms with van der Waals surface area (Å²) in [5, 5.41) is 14.0. The summed E-state index contributed by atoms with van der Waals surface area (Å²) < 4.78 is 6.18. The van der Waals surface area contributed by atoms with Crippen LogP contribution in [0.25, 0.3) is 0 Å². The lowest BCUT2D eigenvalue weighted by molar-refractivity contribution is -0.137. The number of hydrogen-bond donors (Lipinski definition) is 3. The monoisotopic (exact) mass is 298 g/mol. The molecule has 3 N–H and O–H groups in total. The Labute approximate surface area is 125 Å². The minimum absolute atomic E-state index is 0.0779. The predicted octanol–water partition coefficient (Wildman–Crippen LogP) is 2.03. The van der Waals surface area contributed by atoms with Crippen LogP contribution in [0.1, 0.15) is 57.8 Å². The van der Waals surface area contributed by atoms with E-state index in [1.165, 1.54) is 19.3 Å². The van der Waals surface area contributed by atoms with Crippen molar-refractivity contribution in [2.45, 2.75) is 69.5 Å². The summed E-state index contributed by atoms with van der Waals surface area (Å²) in [5.41, 5.74) is 0.0859. The molecule has 1 saturated carbocycles. The summed E-state index contributed by atoms with van der Waals surface area (Å²) in [6, 6.07) is -0.242. The molecule has 1 spiro atoms. The van der Waals surface area contributed by atoms with Gasteiger partial charge in [-0.05, 0) is 32.1 Å². The molecule has 2 rings (SSSR count). The molecule has 1 unspecified atom stereocenters. The zero-order valence-electron chi connectivity index (χ0n) is 12.5. The molecule has 6 heteroatoms. The Morgan fingerprint density at radius 1 is 1.14 bits per heavy atom. The Morgan fingerprint density at radius 2 is 1.90 bits per heavy atom. The first-order valence-corrected chi connectivity index (χ1v) is 8.01. The molecule has 1 aliphatic heterocycles. The van der Waals surface area contributed by atoms with Crippen molar-refractivity contribution in [2.75, 3.05) is 13.1 Å². The fourth-order valence-corrected chi connectivity index (χ4v) is 3.31. The second-order valence-electron chi connectivity index (χ2n) is 6.16. The molecule has 6 nitrogen and oxygen atoms in total. The van der Waals surface area contributed by atoms with E-state index in [-0.39, 0.29) is 24.2 Å². The number of hydrogen-bond acceptors (Lipinski definition) is 3. The molecule has 2 aliphatic rings. The molecule has 1 atom stereocenters. The predicted molar refractivity (Wildman–Crippen MR) is 78.2 cm³/mol. The molecule has 1 aliphatic carbocycles. The van der Waals surface area contributed by atoms with E-state index in [2.05, 4.69) is 10.6 Å². The summed E-state index contributed by atoms with van der Waals surface area (Å²) in [4.78, 5) is 21.9. The Morgan fingerprint density at radius 3 is 2.62 bits per heavy atom. The van der Waals surface area contributed by atoms with Crippen molar-refractivity contribution < 1.29 is 19.4 Å². The quantitative estimate of drug-likeness (QED) is 0.655. The number of rotatable bonds is 6. The average molecular weight is 298 g/mol. The number of carbonyl (C=O) groups excluding carboxylic acids is 1. The number of nitrogens with one attached hydrogen (secondary N) is 2. The van der Waals surface area contributed by atoms with Crippen molar-refractivity contribution in [3.8, 4) is 0 Å². The minimum atomic E-state index is -0.839. The highest BCUT2D eigenvalue weighted by atomic mass is 16.5.